The molecule has 4 nitrogen and oxygen atoms in total. The molecule has 3 rings (SSSR count). The van der Waals surface area contributed by atoms with Gasteiger partial charge in [0.25, 0.3) is 0 Å². The molecule has 0 aliphatic carbocycles. The van der Waals surface area contributed by atoms with Gasteiger partial charge in [-0.2, -0.15) is 0 Å². The number of carboxylic acid groups (broad SMARTS) is 1. The first-order chi connectivity index (χ1) is 10.1. The summed E-state index contributed by atoms with van der Waals surface area (Å²) < 4.78 is 2.90. The van der Waals surface area contributed by atoms with Gasteiger partial charge in [0.2, 0.25) is 0 Å². The van der Waals surface area contributed by atoms with Gasteiger partial charge in [0.1, 0.15) is 0 Å². The number of hydrogen-bond acceptors (Lipinski definition) is 2. The van der Waals surface area contributed by atoms with Crippen LogP contribution in [0.25, 0.3) is 11.0 Å². The second kappa shape index (κ2) is 5.33. The van der Waals surface area contributed by atoms with Crippen molar-refractivity contribution in [1.29, 1.82) is 0 Å². The summed E-state index contributed by atoms with van der Waals surface area (Å²) in [5.74, 6) is -0.941. The van der Waals surface area contributed by atoms with Gasteiger partial charge in [-0.05, 0) is 36.8 Å². The van der Waals surface area contributed by atoms with Gasteiger partial charge in [0.15, 0.2) is 0 Å². The van der Waals surface area contributed by atoms with Crippen LogP contribution in [0.3, 0.4) is 0 Å². The van der Waals surface area contributed by atoms with Crippen LogP contribution in [0.15, 0.2) is 53.3 Å². The molecule has 0 aliphatic heterocycles. The van der Waals surface area contributed by atoms with Crippen LogP contribution >= 0.6 is 15.9 Å². The highest BCUT2D eigenvalue weighted by Crippen LogP contribution is 2.27. The molecule has 1 heterocycles. The van der Waals surface area contributed by atoms with Crippen molar-refractivity contribution in [2.24, 2.45) is 0 Å². The van der Waals surface area contributed by atoms with E-state index in [9.17, 15) is 9.90 Å². The standard InChI is InChI=1S/C16H13BrN2O2/c1-10(11-4-2-5-12(17)8-11)19-9-18-14-7-3-6-13(15(14)19)16(20)21/h2-10H,1H3,(H,20,21). The third-order valence-corrected chi connectivity index (χ3v) is 4.07. The molecule has 106 valence electrons. The molecule has 0 aliphatic rings. The van der Waals surface area contributed by atoms with Crippen molar-refractivity contribution in [3.8, 4) is 0 Å². The summed E-state index contributed by atoms with van der Waals surface area (Å²) >= 11 is 3.46. The number of para-hydroxylation sites is 1. The number of aromatic nitrogens is 2. The van der Waals surface area contributed by atoms with Gasteiger partial charge in [-0.15, -0.1) is 0 Å². The summed E-state index contributed by atoms with van der Waals surface area (Å²) in [6.45, 7) is 2.03. The molecule has 21 heavy (non-hydrogen) atoms. The van der Waals surface area contributed by atoms with Gasteiger partial charge in [0.05, 0.1) is 29.0 Å². The average Bonchev–Trinajstić information content (AvgIpc) is 2.90. The molecular weight excluding hydrogens is 332 g/mol. The molecular formula is C16H13BrN2O2. The predicted octanol–water partition coefficient (Wildman–Crippen LogP) is 4.11. The van der Waals surface area contributed by atoms with E-state index in [1.807, 2.05) is 41.8 Å². The van der Waals surface area contributed by atoms with Crippen molar-refractivity contribution in [3.05, 3.63) is 64.4 Å². The molecule has 1 N–H and O–H groups in total. The van der Waals surface area contributed by atoms with Gasteiger partial charge in [-0.25, -0.2) is 9.78 Å². The normalized spacial score (nSPS) is 12.5. The van der Waals surface area contributed by atoms with E-state index in [-0.39, 0.29) is 11.6 Å². The van der Waals surface area contributed by atoms with Crippen LogP contribution < -0.4 is 0 Å². The number of aromatic carboxylic acids is 1. The van der Waals surface area contributed by atoms with Crippen LogP contribution in [0.2, 0.25) is 0 Å². The first-order valence-electron chi connectivity index (χ1n) is 6.52. The van der Waals surface area contributed by atoms with Crippen LogP contribution in [0.1, 0.15) is 28.9 Å². The van der Waals surface area contributed by atoms with Crippen LogP contribution in [0, 0.1) is 0 Å². The maximum atomic E-state index is 11.4. The molecule has 5 heteroatoms. The number of rotatable bonds is 3. The summed E-state index contributed by atoms with van der Waals surface area (Å²) in [5, 5.41) is 9.37. The lowest BCUT2D eigenvalue weighted by Crippen LogP contribution is -2.08. The lowest BCUT2D eigenvalue weighted by Gasteiger charge is -2.16. The minimum atomic E-state index is -0.941. The summed E-state index contributed by atoms with van der Waals surface area (Å²) in [5.41, 5.74) is 2.70. The molecule has 0 bridgehead atoms. The quantitative estimate of drug-likeness (QED) is 0.777. The Kier molecular flexibility index (Phi) is 3.51. The van der Waals surface area contributed by atoms with Gasteiger partial charge in [-0.1, -0.05) is 34.1 Å². The highest BCUT2D eigenvalue weighted by molar-refractivity contribution is 9.10. The largest absolute Gasteiger partial charge is 0.478 e. The lowest BCUT2D eigenvalue weighted by molar-refractivity contribution is 0.0698. The topological polar surface area (TPSA) is 55.1 Å². The smallest absolute Gasteiger partial charge is 0.337 e. The SMILES string of the molecule is CC(c1cccc(Br)c1)n1cnc2cccc(C(=O)O)c21. The van der Waals surface area contributed by atoms with Crippen molar-refractivity contribution in [3.63, 3.8) is 0 Å². The molecule has 0 saturated carbocycles. The summed E-state index contributed by atoms with van der Waals surface area (Å²) in [7, 11) is 0. The van der Waals surface area contributed by atoms with Crippen molar-refractivity contribution in [2.45, 2.75) is 13.0 Å². The minimum absolute atomic E-state index is 0.00648. The number of hydrogen-bond donors (Lipinski definition) is 1. The van der Waals surface area contributed by atoms with Crippen LogP contribution in [0.4, 0.5) is 0 Å². The Balaban J connectivity index is 2.18. The molecule has 1 atom stereocenters. The Labute approximate surface area is 130 Å². The Morgan fingerprint density at radius 3 is 2.76 bits per heavy atom. The number of halogens is 1. The van der Waals surface area contributed by atoms with E-state index in [1.165, 1.54) is 0 Å². The zero-order chi connectivity index (χ0) is 15.0. The van der Waals surface area contributed by atoms with E-state index < -0.39 is 5.97 Å². The monoisotopic (exact) mass is 344 g/mol. The number of benzene rings is 2. The second-order valence-electron chi connectivity index (χ2n) is 4.86. The first-order valence-corrected chi connectivity index (χ1v) is 7.31. The fourth-order valence-electron chi connectivity index (χ4n) is 2.48. The number of imidazole rings is 1. The molecule has 3 aromatic rings. The third kappa shape index (κ3) is 2.45. The Bertz CT molecular complexity index is 826. The highest BCUT2D eigenvalue weighted by atomic mass is 79.9. The zero-order valence-electron chi connectivity index (χ0n) is 11.3. The maximum Gasteiger partial charge on any atom is 0.337 e. The number of fused-ring (bicyclic) bond motifs is 1. The molecule has 0 radical (unpaired) electrons. The Hall–Kier alpha value is -2.14. The van der Waals surface area contributed by atoms with E-state index in [2.05, 4.69) is 20.9 Å². The molecule has 0 fully saturated rings. The average molecular weight is 345 g/mol. The molecule has 1 unspecified atom stereocenters. The maximum absolute atomic E-state index is 11.4. The van der Waals surface area contributed by atoms with Crippen LogP contribution in [-0.4, -0.2) is 20.6 Å². The van der Waals surface area contributed by atoms with Crippen LogP contribution in [-0.2, 0) is 0 Å². The van der Waals surface area contributed by atoms with Crippen molar-refractivity contribution in [2.75, 3.05) is 0 Å². The number of nitrogens with zero attached hydrogens (tertiary/aromatic N) is 2. The van der Waals surface area contributed by atoms with E-state index in [0.29, 0.717) is 11.0 Å². The number of carbonyl (C=O) groups is 1. The molecule has 0 amide bonds. The van der Waals surface area contributed by atoms with Gasteiger partial charge >= 0.3 is 5.97 Å². The molecule has 0 saturated heterocycles. The van der Waals surface area contributed by atoms with Gasteiger partial charge < -0.3 is 9.67 Å². The molecule has 2 aromatic carbocycles. The zero-order valence-corrected chi connectivity index (χ0v) is 12.9. The van der Waals surface area contributed by atoms with E-state index in [0.717, 1.165) is 10.0 Å². The lowest BCUT2D eigenvalue weighted by atomic mass is 10.1. The van der Waals surface area contributed by atoms with E-state index in [4.69, 9.17) is 0 Å². The van der Waals surface area contributed by atoms with E-state index in [1.54, 1.807) is 18.5 Å². The Morgan fingerprint density at radius 2 is 2.05 bits per heavy atom. The summed E-state index contributed by atoms with van der Waals surface area (Å²) in [4.78, 5) is 15.7. The van der Waals surface area contributed by atoms with Gasteiger partial charge in [-0.3, -0.25) is 0 Å². The first kappa shape index (κ1) is 13.8. The van der Waals surface area contributed by atoms with Crippen molar-refractivity contribution >= 4 is 32.9 Å². The fraction of sp³-hybridized carbons (Fsp3) is 0.125. The molecule has 0 spiro atoms. The minimum Gasteiger partial charge on any atom is -0.478 e. The number of carboxylic acids is 1. The summed E-state index contributed by atoms with van der Waals surface area (Å²) in [6, 6.07) is 13.1. The van der Waals surface area contributed by atoms with Crippen molar-refractivity contribution in [1.82, 2.24) is 9.55 Å². The predicted molar refractivity (Wildman–Crippen MR) is 84.6 cm³/mol. The summed E-state index contributed by atoms with van der Waals surface area (Å²) in [6.07, 6.45) is 1.70. The third-order valence-electron chi connectivity index (χ3n) is 3.57. The van der Waals surface area contributed by atoms with E-state index >= 15 is 0 Å². The second-order valence-corrected chi connectivity index (χ2v) is 5.78. The fourth-order valence-corrected chi connectivity index (χ4v) is 2.90. The van der Waals surface area contributed by atoms with Gasteiger partial charge in [0, 0.05) is 4.47 Å². The van der Waals surface area contributed by atoms with Crippen LogP contribution in [0.5, 0.6) is 0 Å². The Morgan fingerprint density at radius 1 is 1.29 bits per heavy atom. The van der Waals surface area contributed by atoms with Crippen molar-refractivity contribution < 1.29 is 9.90 Å². The molecule has 1 aromatic heterocycles. The highest BCUT2D eigenvalue weighted by Gasteiger charge is 2.17.